The topological polar surface area (TPSA) is 66.8 Å². The van der Waals surface area contributed by atoms with E-state index in [0.717, 1.165) is 24.8 Å². The van der Waals surface area contributed by atoms with Crippen LogP contribution in [0.1, 0.15) is 114 Å². The van der Waals surface area contributed by atoms with Crippen LogP contribution in [0.5, 0.6) is 5.75 Å². The van der Waals surface area contributed by atoms with E-state index >= 15 is 0 Å². The zero-order chi connectivity index (χ0) is 27.9. The van der Waals surface area contributed by atoms with Gasteiger partial charge in [-0.2, -0.15) is 0 Å². The fourth-order valence-corrected chi connectivity index (χ4v) is 5.47. The highest BCUT2D eigenvalue weighted by molar-refractivity contribution is 6.46. The molecule has 39 heavy (non-hydrogen) atoms. The van der Waals surface area contributed by atoms with Crippen LogP contribution in [0, 0.1) is 0 Å². The zero-order valence-corrected chi connectivity index (χ0v) is 24.0. The summed E-state index contributed by atoms with van der Waals surface area (Å²) < 4.78 is 5.21. The third-order valence-electron chi connectivity index (χ3n) is 7.77. The smallest absolute Gasteiger partial charge is 0.295 e. The molecule has 0 aliphatic carbocycles. The quantitative estimate of drug-likeness (QED) is 0.0901. The van der Waals surface area contributed by atoms with E-state index in [1.54, 1.807) is 36.3 Å². The Balaban J connectivity index is 1.51. The molecular formula is C34H47NO4. The van der Waals surface area contributed by atoms with E-state index < -0.39 is 17.7 Å². The maximum atomic E-state index is 13.2. The van der Waals surface area contributed by atoms with E-state index in [9.17, 15) is 14.7 Å². The minimum atomic E-state index is -0.623. The maximum absolute atomic E-state index is 13.2. The number of carbonyl (C=O) groups excluding carboxylic acids is 2. The number of aliphatic hydroxyl groups excluding tert-OH is 1. The summed E-state index contributed by atoms with van der Waals surface area (Å²) in [6.07, 6.45) is 17.7. The van der Waals surface area contributed by atoms with Gasteiger partial charge in [0, 0.05) is 12.1 Å². The molecule has 1 aliphatic rings. The summed E-state index contributed by atoms with van der Waals surface area (Å²) in [6, 6.07) is 15.8. The van der Waals surface area contributed by atoms with Crippen molar-refractivity contribution < 1.29 is 19.4 Å². The van der Waals surface area contributed by atoms with Crippen LogP contribution in [-0.2, 0) is 9.59 Å². The van der Waals surface area contributed by atoms with Crippen LogP contribution in [-0.4, -0.2) is 35.4 Å². The van der Waals surface area contributed by atoms with Gasteiger partial charge in [-0.1, -0.05) is 121 Å². The Morgan fingerprint density at radius 2 is 1.26 bits per heavy atom. The van der Waals surface area contributed by atoms with Crippen molar-refractivity contribution in [2.45, 2.75) is 103 Å². The molecule has 1 amide bonds. The monoisotopic (exact) mass is 533 g/mol. The van der Waals surface area contributed by atoms with Crippen LogP contribution in [0.2, 0.25) is 0 Å². The highest BCUT2D eigenvalue weighted by Gasteiger charge is 2.45. The molecule has 5 nitrogen and oxygen atoms in total. The molecule has 1 heterocycles. The lowest BCUT2D eigenvalue weighted by atomic mass is 9.95. The van der Waals surface area contributed by atoms with E-state index in [2.05, 4.69) is 6.92 Å². The first-order valence-electron chi connectivity index (χ1n) is 15.1. The first kappa shape index (κ1) is 30.5. The largest absolute Gasteiger partial charge is 0.507 e. The molecule has 0 radical (unpaired) electrons. The van der Waals surface area contributed by atoms with Crippen LogP contribution >= 0.6 is 0 Å². The molecule has 0 spiro atoms. The molecular weight excluding hydrogens is 486 g/mol. The first-order chi connectivity index (χ1) is 19.1. The zero-order valence-electron chi connectivity index (χ0n) is 24.0. The Bertz CT molecular complexity index is 1040. The van der Waals surface area contributed by atoms with E-state index in [0.29, 0.717) is 17.9 Å². The van der Waals surface area contributed by atoms with E-state index in [4.69, 9.17) is 4.74 Å². The van der Waals surface area contributed by atoms with E-state index in [-0.39, 0.29) is 11.3 Å². The number of methoxy groups -OCH3 is 1. The molecule has 1 N–H and O–H groups in total. The molecule has 2 aromatic rings. The Morgan fingerprint density at radius 1 is 0.744 bits per heavy atom. The summed E-state index contributed by atoms with van der Waals surface area (Å²) in [5.74, 6) is -0.645. The molecule has 2 aromatic carbocycles. The average molecular weight is 534 g/mol. The third kappa shape index (κ3) is 8.98. The van der Waals surface area contributed by atoms with Gasteiger partial charge < -0.3 is 14.7 Å². The highest BCUT2D eigenvalue weighted by Crippen LogP contribution is 2.39. The summed E-state index contributed by atoms with van der Waals surface area (Å²) in [4.78, 5) is 27.9. The van der Waals surface area contributed by atoms with Crippen LogP contribution in [0.15, 0.2) is 60.2 Å². The Morgan fingerprint density at radius 3 is 1.77 bits per heavy atom. The molecule has 1 unspecified atom stereocenters. The number of ether oxygens (including phenoxy) is 1. The number of benzene rings is 2. The fraction of sp³-hybridized carbons (Fsp3) is 0.529. The first-order valence-corrected chi connectivity index (χ1v) is 15.1. The predicted molar refractivity (Wildman–Crippen MR) is 159 cm³/mol. The van der Waals surface area contributed by atoms with Crippen molar-refractivity contribution in [2.24, 2.45) is 0 Å². The number of ketones is 1. The van der Waals surface area contributed by atoms with Crippen LogP contribution in [0.3, 0.4) is 0 Å². The summed E-state index contributed by atoms with van der Waals surface area (Å²) in [7, 11) is 1.58. The number of likely N-dealkylation sites (tertiary alicyclic amines) is 1. The third-order valence-corrected chi connectivity index (χ3v) is 7.77. The van der Waals surface area contributed by atoms with Crippen LogP contribution < -0.4 is 4.74 Å². The highest BCUT2D eigenvalue weighted by atomic mass is 16.5. The van der Waals surface area contributed by atoms with Crippen molar-refractivity contribution in [1.82, 2.24) is 4.90 Å². The Hall–Kier alpha value is -3.08. The maximum Gasteiger partial charge on any atom is 0.295 e. The molecule has 0 saturated carbocycles. The lowest BCUT2D eigenvalue weighted by molar-refractivity contribution is -0.139. The number of Topliss-reactive ketones (excluding diaryl/α,β-unsaturated/α-hetero) is 1. The molecule has 0 bridgehead atoms. The van der Waals surface area contributed by atoms with Gasteiger partial charge >= 0.3 is 0 Å². The standard InChI is InChI=1S/C34H47NO4/c1-3-4-5-6-7-8-9-10-11-12-13-14-15-19-26-35-31(27-20-17-16-18-21-27)30(33(37)34(35)38)32(36)28-22-24-29(39-2)25-23-28/h16-18,20-25,31,36H,3-15,19,26H2,1-2H3. The lowest BCUT2D eigenvalue weighted by Crippen LogP contribution is -2.30. The van der Waals surface area contributed by atoms with Crippen molar-refractivity contribution in [3.8, 4) is 5.75 Å². The van der Waals surface area contributed by atoms with Gasteiger partial charge in [0.25, 0.3) is 11.7 Å². The molecule has 5 heteroatoms. The van der Waals surface area contributed by atoms with Gasteiger partial charge in [-0.15, -0.1) is 0 Å². The SMILES string of the molecule is CCCCCCCCCCCCCCCCN1C(=O)C(=O)C(=C(O)c2ccc(OC)cc2)C1c1ccccc1. The Kier molecular flexibility index (Phi) is 13.1. The molecule has 212 valence electrons. The predicted octanol–water partition coefficient (Wildman–Crippen LogP) is 8.60. The number of amides is 1. The molecule has 0 aromatic heterocycles. The number of carbonyl (C=O) groups is 2. The average Bonchev–Trinajstić information content (AvgIpc) is 3.22. The molecule has 3 rings (SSSR count). The molecule has 1 fully saturated rings. The van der Waals surface area contributed by atoms with Gasteiger partial charge in [-0.25, -0.2) is 0 Å². The lowest BCUT2D eigenvalue weighted by Gasteiger charge is -2.25. The number of hydrogen-bond acceptors (Lipinski definition) is 4. The van der Waals surface area contributed by atoms with Crippen molar-refractivity contribution in [3.05, 3.63) is 71.3 Å². The minimum absolute atomic E-state index is 0.145. The summed E-state index contributed by atoms with van der Waals surface area (Å²) in [6.45, 7) is 2.76. The van der Waals surface area contributed by atoms with Crippen molar-refractivity contribution >= 4 is 17.4 Å². The number of rotatable bonds is 18. The summed E-state index contributed by atoms with van der Waals surface area (Å²) >= 11 is 0. The second-order valence-corrected chi connectivity index (χ2v) is 10.7. The van der Waals surface area contributed by atoms with Gasteiger partial charge in [0.2, 0.25) is 0 Å². The van der Waals surface area contributed by atoms with Gasteiger partial charge in [0.05, 0.1) is 18.7 Å². The summed E-state index contributed by atoms with van der Waals surface area (Å²) in [5.41, 5.74) is 1.48. The normalized spacial score (nSPS) is 16.7. The number of hydrogen-bond donors (Lipinski definition) is 1. The molecule has 1 atom stereocenters. The van der Waals surface area contributed by atoms with Crippen LogP contribution in [0.25, 0.3) is 5.76 Å². The second-order valence-electron chi connectivity index (χ2n) is 10.7. The Labute approximate surface area is 235 Å². The minimum Gasteiger partial charge on any atom is -0.507 e. The van der Waals surface area contributed by atoms with Gasteiger partial charge in [-0.3, -0.25) is 9.59 Å². The van der Waals surface area contributed by atoms with Gasteiger partial charge in [0.15, 0.2) is 0 Å². The van der Waals surface area contributed by atoms with E-state index in [1.807, 2.05) is 30.3 Å². The molecule has 1 saturated heterocycles. The number of unbranched alkanes of at least 4 members (excludes halogenated alkanes) is 13. The second kappa shape index (κ2) is 16.8. The van der Waals surface area contributed by atoms with Gasteiger partial charge in [-0.05, 0) is 36.2 Å². The molecule has 1 aliphatic heterocycles. The fourth-order valence-electron chi connectivity index (χ4n) is 5.47. The van der Waals surface area contributed by atoms with Crippen molar-refractivity contribution in [3.63, 3.8) is 0 Å². The van der Waals surface area contributed by atoms with Gasteiger partial charge in [0.1, 0.15) is 11.5 Å². The number of nitrogens with zero attached hydrogens (tertiary/aromatic N) is 1. The van der Waals surface area contributed by atoms with Crippen LogP contribution in [0.4, 0.5) is 0 Å². The van der Waals surface area contributed by atoms with E-state index in [1.165, 1.54) is 70.6 Å². The number of aliphatic hydroxyl groups is 1. The summed E-state index contributed by atoms with van der Waals surface area (Å²) in [5, 5.41) is 11.2. The van der Waals surface area contributed by atoms with Crippen molar-refractivity contribution in [2.75, 3.05) is 13.7 Å². The van der Waals surface area contributed by atoms with Crippen molar-refractivity contribution in [1.29, 1.82) is 0 Å².